The first-order valence-electron chi connectivity index (χ1n) is 11.0. The van der Waals surface area contributed by atoms with Crippen molar-refractivity contribution >= 4 is 44.7 Å². The van der Waals surface area contributed by atoms with Crippen LogP contribution in [0, 0.1) is 10.1 Å². The number of hydrogen-bond donors (Lipinski definition) is 0. The van der Waals surface area contributed by atoms with Gasteiger partial charge in [0.2, 0.25) is 5.75 Å². The molecule has 3 aromatic rings. The van der Waals surface area contributed by atoms with Gasteiger partial charge in [-0.05, 0) is 38.1 Å². The first-order valence-corrected chi connectivity index (χ1v) is 11.8. The van der Waals surface area contributed by atoms with Crippen molar-refractivity contribution in [3.63, 3.8) is 0 Å². The number of rotatable bonds is 9. The van der Waals surface area contributed by atoms with Crippen molar-refractivity contribution in [1.29, 1.82) is 0 Å². The summed E-state index contributed by atoms with van der Waals surface area (Å²) in [6, 6.07) is 7.90. The molecule has 0 saturated carbocycles. The standard InChI is InChI=1S/C24H25BrN4O7/c1-6-35-20-10-15(9-19(29(32)33)21(20)36-14(4)24(31)34-5)12-26-28-22(13(2)3)27-18-8-7-16(25)11-17(18)23(28)30/h7-14H,6H2,1-5H3/t14-/m1/s1. The molecule has 190 valence electrons. The van der Waals surface area contributed by atoms with Gasteiger partial charge in [-0.3, -0.25) is 14.9 Å². The molecule has 0 amide bonds. The minimum Gasteiger partial charge on any atom is -0.490 e. The Morgan fingerprint density at radius 2 is 2.00 bits per heavy atom. The molecule has 0 radical (unpaired) electrons. The zero-order valence-corrected chi connectivity index (χ0v) is 21.9. The Morgan fingerprint density at radius 1 is 1.28 bits per heavy atom. The maximum atomic E-state index is 13.2. The predicted molar refractivity (Wildman–Crippen MR) is 137 cm³/mol. The Kier molecular flexibility index (Phi) is 8.41. The smallest absolute Gasteiger partial charge is 0.346 e. The lowest BCUT2D eigenvalue weighted by molar-refractivity contribution is -0.386. The molecule has 0 aliphatic rings. The highest BCUT2D eigenvalue weighted by Crippen LogP contribution is 2.39. The van der Waals surface area contributed by atoms with E-state index in [0.29, 0.717) is 16.7 Å². The molecular weight excluding hydrogens is 536 g/mol. The summed E-state index contributed by atoms with van der Waals surface area (Å²) >= 11 is 3.36. The van der Waals surface area contributed by atoms with Gasteiger partial charge in [0, 0.05) is 22.0 Å². The number of esters is 1. The SMILES string of the molecule is CCOc1cc(C=Nn2c(C(C)C)nc3ccc(Br)cc3c2=O)cc([N+](=O)[O-])c1O[C@H](C)C(=O)OC. The molecule has 0 aliphatic heterocycles. The third kappa shape index (κ3) is 5.70. The van der Waals surface area contributed by atoms with E-state index in [0.717, 1.165) is 4.47 Å². The maximum absolute atomic E-state index is 13.2. The van der Waals surface area contributed by atoms with Gasteiger partial charge in [-0.2, -0.15) is 9.78 Å². The minimum atomic E-state index is -1.11. The van der Waals surface area contributed by atoms with Gasteiger partial charge in [-0.15, -0.1) is 0 Å². The van der Waals surface area contributed by atoms with E-state index in [4.69, 9.17) is 9.47 Å². The fourth-order valence-electron chi connectivity index (χ4n) is 3.37. The van der Waals surface area contributed by atoms with Gasteiger partial charge in [0.25, 0.3) is 5.56 Å². The zero-order valence-electron chi connectivity index (χ0n) is 20.4. The number of carbonyl (C=O) groups is 1. The van der Waals surface area contributed by atoms with Gasteiger partial charge in [-0.1, -0.05) is 29.8 Å². The summed E-state index contributed by atoms with van der Waals surface area (Å²) in [6.45, 7) is 7.05. The average Bonchev–Trinajstić information content (AvgIpc) is 2.84. The second-order valence-electron chi connectivity index (χ2n) is 7.99. The van der Waals surface area contributed by atoms with Crippen LogP contribution in [0.2, 0.25) is 0 Å². The largest absolute Gasteiger partial charge is 0.490 e. The fraction of sp³-hybridized carbons (Fsp3) is 0.333. The Balaban J connectivity index is 2.15. The molecule has 1 heterocycles. The first kappa shape index (κ1) is 26.8. The zero-order chi connectivity index (χ0) is 26.6. The normalized spacial score (nSPS) is 12.2. The third-order valence-electron chi connectivity index (χ3n) is 5.05. The fourth-order valence-corrected chi connectivity index (χ4v) is 3.73. The van der Waals surface area contributed by atoms with Crippen LogP contribution in [-0.4, -0.2) is 46.6 Å². The van der Waals surface area contributed by atoms with Crippen molar-refractivity contribution in [3.05, 3.63) is 66.7 Å². The molecule has 0 fully saturated rings. The van der Waals surface area contributed by atoms with Gasteiger partial charge < -0.3 is 14.2 Å². The maximum Gasteiger partial charge on any atom is 0.346 e. The summed E-state index contributed by atoms with van der Waals surface area (Å²) in [5.41, 5.74) is -0.00389. The lowest BCUT2D eigenvalue weighted by atomic mass is 10.1. The highest BCUT2D eigenvalue weighted by atomic mass is 79.9. The van der Waals surface area contributed by atoms with E-state index in [9.17, 15) is 19.7 Å². The van der Waals surface area contributed by atoms with E-state index < -0.39 is 22.7 Å². The van der Waals surface area contributed by atoms with Crippen molar-refractivity contribution < 1.29 is 23.9 Å². The van der Waals surface area contributed by atoms with E-state index in [2.05, 4.69) is 30.8 Å². The number of nitro benzene ring substituents is 1. The first-order chi connectivity index (χ1) is 17.1. The summed E-state index contributed by atoms with van der Waals surface area (Å²) in [6.07, 6.45) is 0.199. The summed E-state index contributed by atoms with van der Waals surface area (Å²) in [7, 11) is 1.19. The van der Waals surface area contributed by atoms with Crippen molar-refractivity contribution in [2.75, 3.05) is 13.7 Å². The number of hydrogen-bond acceptors (Lipinski definition) is 9. The second kappa shape index (κ2) is 11.3. The molecular formula is C24H25BrN4O7. The number of aromatic nitrogens is 2. The monoisotopic (exact) mass is 560 g/mol. The van der Waals surface area contributed by atoms with E-state index in [-0.39, 0.29) is 35.1 Å². The van der Waals surface area contributed by atoms with Gasteiger partial charge in [0.15, 0.2) is 11.9 Å². The summed E-state index contributed by atoms with van der Waals surface area (Å²) in [4.78, 5) is 40.8. The van der Waals surface area contributed by atoms with E-state index in [1.807, 2.05) is 13.8 Å². The quantitative estimate of drug-likeness (QED) is 0.162. The molecule has 0 unspecified atom stereocenters. The molecule has 1 aromatic heterocycles. The Hall–Kier alpha value is -3.80. The predicted octanol–water partition coefficient (Wildman–Crippen LogP) is 4.41. The molecule has 11 nitrogen and oxygen atoms in total. The Morgan fingerprint density at radius 3 is 2.61 bits per heavy atom. The lowest BCUT2D eigenvalue weighted by Crippen LogP contribution is -2.25. The molecule has 1 atom stereocenters. The minimum absolute atomic E-state index is 0.0425. The van der Waals surface area contributed by atoms with E-state index in [1.54, 1.807) is 25.1 Å². The lowest BCUT2D eigenvalue weighted by Gasteiger charge is -2.16. The molecule has 12 heteroatoms. The number of benzene rings is 2. The number of ether oxygens (including phenoxy) is 3. The topological polar surface area (TPSA) is 135 Å². The summed E-state index contributed by atoms with van der Waals surface area (Å²) in [5.74, 6) is -0.576. The van der Waals surface area contributed by atoms with Crippen LogP contribution in [0.3, 0.4) is 0 Å². The van der Waals surface area contributed by atoms with Crippen molar-refractivity contribution in [2.45, 2.75) is 39.7 Å². The van der Waals surface area contributed by atoms with E-state index >= 15 is 0 Å². The average molecular weight is 561 g/mol. The van der Waals surface area contributed by atoms with Crippen LogP contribution in [-0.2, 0) is 9.53 Å². The van der Waals surface area contributed by atoms with Crippen LogP contribution in [0.4, 0.5) is 5.69 Å². The number of carbonyl (C=O) groups excluding carboxylic acids is 1. The summed E-state index contributed by atoms with van der Waals surface area (Å²) in [5, 5.41) is 16.5. The van der Waals surface area contributed by atoms with E-state index in [1.165, 1.54) is 37.1 Å². The highest BCUT2D eigenvalue weighted by molar-refractivity contribution is 9.10. The summed E-state index contributed by atoms with van der Waals surface area (Å²) < 4.78 is 17.6. The van der Waals surface area contributed by atoms with Crippen LogP contribution >= 0.6 is 15.9 Å². The van der Waals surface area contributed by atoms with Crippen LogP contribution in [0.5, 0.6) is 11.5 Å². The molecule has 0 saturated heterocycles. The van der Waals surface area contributed by atoms with Gasteiger partial charge in [0.05, 0.1) is 35.8 Å². The van der Waals surface area contributed by atoms with Gasteiger partial charge in [-0.25, -0.2) is 9.78 Å². The molecule has 3 rings (SSSR count). The number of methoxy groups -OCH3 is 1. The van der Waals surface area contributed by atoms with Crippen molar-refractivity contribution in [1.82, 2.24) is 9.66 Å². The molecule has 0 N–H and O–H groups in total. The van der Waals surface area contributed by atoms with Crippen molar-refractivity contribution in [2.24, 2.45) is 5.10 Å². The van der Waals surface area contributed by atoms with Gasteiger partial charge >= 0.3 is 11.7 Å². The number of fused-ring (bicyclic) bond motifs is 1. The van der Waals surface area contributed by atoms with Crippen LogP contribution in [0.15, 0.2) is 44.7 Å². The molecule has 36 heavy (non-hydrogen) atoms. The molecule has 0 spiro atoms. The molecule has 2 aromatic carbocycles. The number of halogens is 1. The van der Waals surface area contributed by atoms with Crippen LogP contribution in [0.1, 0.15) is 45.0 Å². The number of nitro groups is 1. The van der Waals surface area contributed by atoms with Crippen molar-refractivity contribution in [3.8, 4) is 11.5 Å². The number of nitrogens with zero attached hydrogens (tertiary/aromatic N) is 4. The Labute approximate surface area is 215 Å². The molecule has 0 aliphatic carbocycles. The van der Waals surface area contributed by atoms with Gasteiger partial charge in [0.1, 0.15) is 5.82 Å². The third-order valence-corrected chi connectivity index (χ3v) is 5.55. The van der Waals surface area contributed by atoms with Crippen LogP contribution < -0.4 is 15.0 Å². The highest BCUT2D eigenvalue weighted by Gasteiger charge is 2.27. The Bertz CT molecular complexity index is 1400. The van der Waals surface area contributed by atoms with Crippen LogP contribution in [0.25, 0.3) is 10.9 Å². The molecule has 0 bridgehead atoms. The second-order valence-corrected chi connectivity index (χ2v) is 8.90.